The maximum absolute atomic E-state index is 13.5. The fourth-order valence-corrected chi connectivity index (χ4v) is 2.39. The van der Waals surface area contributed by atoms with Gasteiger partial charge in [-0.3, -0.25) is 4.79 Å². The van der Waals surface area contributed by atoms with Gasteiger partial charge in [0.1, 0.15) is 17.4 Å². The van der Waals surface area contributed by atoms with Crippen molar-refractivity contribution in [1.82, 2.24) is 0 Å². The molecule has 0 saturated carbocycles. The maximum atomic E-state index is 13.5. The fourth-order valence-electron chi connectivity index (χ4n) is 1.86. The van der Waals surface area contributed by atoms with Gasteiger partial charge in [0.15, 0.2) is 0 Å². The monoisotopic (exact) mass is 314 g/mol. The smallest absolute Gasteiger partial charge is 0.141 e. The van der Waals surface area contributed by atoms with Gasteiger partial charge in [0.25, 0.3) is 0 Å². The largest absolute Gasteiger partial charge is 0.299 e. The van der Waals surface area contributed by atoms with E-state index >= 15 is 0 Å². The molecule has 0 unspecified atom stereocenters. The van der Waals surface area contributed by atoms with Crippen LogP contribution in [0.2, 0.25) is 10.0 Å². The molecule has 2 aromatic rings. The van der Waals surface area contributed by atoms with Crippen LogP contribution < -0.4 is 0 Å². The van der Waals surface area contributed by atoms with Gasteiger partial charge in [0, 0.05) is 28.5 Å². The highest BCUT2D eigenvalue weighted by molar-refractivity contribution is 6.36. The highest BCUT2D eigenvalue weighted by Crippen LogP contribution is 2.25. The van der Waals surface area contributed by atoms with E-state index in [1.807, 2.05) is 0 Å². The van der Waals surface area contributed by atoms with Gasteiger partial charge in [-0.1, -0.05) is 35.3 Å². The summed E-state index contributed by atoms with van der Waals surface area (Å²) in [4.78, 5) is 11.9. The summed E-state index contributed by atoms with van der Waals surface area (Å²) in [5.74, 6) is -1.82. The maximum Gasteiger partial charge on any atom is 0.141 e. The highest BCUT2D eigenvalue weighted by atomic mass is 35.5. The summed E-state index contributed by atoms with van der Waals surface area (Å²) in [6.07, 6.45) is -0.396. The molecule has 0 atom stereocenters. The van der Waals surface area contributed by atoms with Crippen LogP contribution in [0.3, 0.4) is 0 Å². The Morgan fingerprint density at radius 2 is 1.30 bits per heavy atom. The van der Waals surface area contributed by atoms with E-state index in [1.165, 1.54) is 6.07 Å². The molecule has 0 aliphatic carbocycles. The lowest BCUT2D eigenvalue weighted by atomic mass is 10.0. The van der Waals surface area contributed by atoms with Gasteiger partial charge in [0.05, 0.1) is 0 Å². The van der Waals surface area contributed by atoms with Gasteiger partial charge in [-0.2, -0.15) is 0 Å². The number of halogens is 4. The van der Waals surface area contributed by atoms with Crippen LogP contribution in [-0.4, -0.2) is 5.78 Å². The Labute approximate surface area is 125 Å². The van der Waals surface area contributed by atoms with Crippen molar-refractivity contribution in [3.63, 3.8) is 0 Å². The van der Waals surface area contributed by atoms with E-state index in [9.17, 15) is 13.6 Å². The summed E-state index contributed by atoms with van der Waals surface area (Å²) >= 11 is 11.9. The topological polar surface area (TPSA) is 17.1 Å². The number of carbonyl (C=O) groups is 1. The summed E-state index contributed by atoms with van der Waals surface area (Å²) in [6, 6.07) is 8.38. The standard InChI is InChI=1S/C15H10Cl2F2O/c16-12-3-1-4-13(17)10(12)7-9(20)8-11-14(18)5-2-6-15(11)19/h1-6H,7-8H2. The number of ketones is 1. The zero-order valence-electron chi connectivity index (χ0n) is 10.3. The summed E-state index contributed by atoms with van der Waals surface area (Å²) in [5.41, 5.74) is 0.234. The molecule has 2 aromatic carbocycles. The Kier molecular flexibility index (Phi) is 4.73. The lowest BCUT2D eigenvalue weighted by Gasteiger charge is -2.07. The third-order valence-corrected chi connectivity index (χ3v) is 3.58. The van der Waals surface area contributed by atoms with Crippen LogP contribution in [0, 0.1) is 11.6 Å². The highest BCUT2D eigenvalue weighted by Gasteiger charge is 2.15. The second-order valence-electron chi connectivity index (χ2n) is 4.29. The Hall–Kier alpha value is -1.45. The quantitative estimate of drug-likeness (QED) is 0.804. The lowest BCUT2D eigenvalue weighted by Crippen LogP contribution is -2.10. The third-order valence-electron chi connectivity index (χ3n) is 2.87. The predicted octanol–water partition coefficient (Wildman–Crippen LogP) is 4.63. The van der Waals surface area contributed by atoms with Gasteiger partial charge < -0.3 is 0 Å². The number of benzene rings is 2. The first-order valence-electron chi connectivity index (χ1n) is 5.86. The molecule has 0 amide bonds. The van der Waals surface area contributed by atoms with Crippen LogP contribution in [-0.2, 0) is 17.6 Å². The van der Waals surface area contributed by atoms with Gasteiger partial charge in [-0.25, -0.2) is 8.78 Å². The first-order chi connectivity index (χ1) is 9.49. The molecule has 5 heteroatoms. The van der Waals surface area contributed by atoms with Crippen molar-refractivity contribution >= 4 is 29.0 Å². The Morgan fingerprint density at radius 3 is 1.85 bits per heavy atom. The first-order valence-corrected chi connectivity index (χ1v) is 6.62. The van der Waals surface area contributed by atoms with E-state index in [-0.39, 0.29) is 24.2 Å². The number of hydrogen-bond acceptors (Lipinski definition) is 1. The second kappa shape index (κ2) is 6.33. The molecule has 0 heterocycles. The molecule has 0 N–H and O–H groups in total. The molecule has 0 bridgehead atoms. The Balaban J connectivity index is 2.18. The molecule has 2 rings (SSSR count). The Morgan fingerprint density at radius 1 is 0.850 bits per heavy atom. The molecule has 104 valence electrons. The summed E-state index contributed by atoms with van der Waals surface area (Å²) < 4.78 is 26.9. The molecule has 0 spiro atoms. The summed E-state index contributed by atoms with van der Waals surface area (Å²) in [7, 11) is 0. The summed E-state index contributed by atoms with van der Waals surface area (Å²) in [6.45, 7) is 0. The molecule has 0 aromatic heterocycles. The van der Waals surface area contributed by atoms with Gasteiger partial charge >= 0.3 is 0 Å². The van der Waals surface area contributed by atoms with Crippen LogP contribution in [0.5, 0.6) is 0 Å². The van der Waals surface area contributed by atoms with Crippen molar-refractivity contribution in [2.24, 2.45) is 0 Å². The van der Waals surface area contributed by atoms with Gasteiger partial charge in [-0.15, -0.1) is 0 Å². The van der Waals surface area contributed by atoms with Crippen LogP contribution in [0.15, 0.2) is 36.4 Å². The molecule has 0 saturated heterocycles. The van der Waals surface area contributed by atoms with E-state index in [2.05, 4.69) is 0 Å². The van der Waals surface area contributed by atoms with E-state index in [0.717, 1.165) is 12.1 Å². The second-order valence-corrected chi connectivity index (χ2v) is 5.11. The molecular formula is C15H10Cl2F2O. The summed E-state index contributed by atoms with van der Waals surface area (Å²) in [5, 5.41) is 0.722. The van der Waals surface area contributed by atoms with Crippen LogP contribution >= 0.6 is 23.2 Å². The average molecular weight is 315 g/mol. The van der Waals surface area contributed by atoms with Gasteiger partial charge in [-0.05, 0) is 29.8 Å². The van der Waals surface area contributed by atoms with Crippen molar-refractivity contribution < 1.29 is 13.6 Å². The molecule has 1 nitrogen and oxygen atoms in total. The predicted molar refractivity (Wildman–Crippen MR) is 75.2 cm³/mol. The van der Waals surface area contributed by atoms with Crippen molar-refractivity contribution in [2.75, 3.05) is 0 Å². The lowest BCUT2D eigenvalue weighted by molar-refractivity contribution is -0.117. The van der Waals surface area contributed by atoms with E-state index in [4.69, 9.17) is 23.2 Å². The number of hydrogen-bond donors (Lipinski definition) is 0. The number of rotatable bonds is 4. The first kappa shape index (κ1) is 14.9. The zero-order valence-corrected chi connectivity index (χ0v) is 11.8. The van der Waals surface area contributed by atoms with Gasteiger partial charge in [0.2, 0.25) is 0 Å². The molecule has 20 heavy (non-hydrogen) atoms. The fraction of sp³-hybridized carbons (Fsp3) is 0.133. The van der Waals surface area contributed by atoms with E-state index < -0.39 is 11.6 Å². The zero-order chi connectivity index (χ0) is 14.7. The minimum atomic E-state index is -0.733. The average Bonchev–Trinajstić information content (AvgIpc) is 2.39. The van der Waals surface area contributed by atoms with Crippen LogP contribution in [0.1, 0.15) is 11.1 Å². The molecule has 0 aliphatic rings. The normalized spacial score (nSPS) is 10.6. The van der Waals surface area contributed by atoms with Crippen LogP contribution in [0.25, 0.3) is 0 Å². The Bertz CT molecular complexity index is 560. The van der Waals surface area contributed by atoms with E-state index in [0.29, 0.717) is 15.6 Å². The number of carbonyl (C=O) groups excluding carboxylic acids is 1. The minimum absolute atomic E-state index is 0.0632. The number of Topliss-reactive ketones (excluding diaryl/α,β-unsaturated/α-hetero) is 1. The van der Waals surface area contributed by atoms with Crippen molar-refractivity contribution in [3.8, 4) is 0 Å². The molecular weight excluding hydrogens is 305 g/mol. The SMILES string of the molecule is O=C(Cc1c(F)cccc1F)Cc1c(Cl)cccc1Cl. The minimum Gasteiger partial charge on any atom is -0.299 e. The molecule has 0 fully saturated rings. The van der Waals surface area contributed by atoms with Crippen molar-refractivity contribution in [1.29, 1.82) is 0 Å². The van der Waals surface area contributed by atoms with Crippen LogP contribution in [0.4, 0.5) is 8.78 Å². The van der Waals surface area contributed by atoms with E-state index in [1.54, 1.807) is 18.2 Å². The molecule has 0 aliphatic heterocycles. The third kappa shape index (κ3) is 3.35. The van der Waals surface area contributed by atoms with Crippen molar-refractivity contribution in [2.45, 2.75) is 12.8 Å². The van der Waals surface area contributed by atoms with Crippen molar-refractivity contribution in [3.05, 3.63) is 69.2 Å². The molecule has 0 radical (unpaired) electrons.